The molecule has 3 aromatic rings. The van der Waals surface area contributed by atoms with E-state index in [4.69, 9.17) is 26.2 Å². The van der Waals surface area contributed by atoms with Crippen LogP contribution in [0.25, 0.3) is 10.9 Å². The number of carbonyl (C=O) groups is 2. The van der Waals surface area contributed by atoms with Crippen LogP contribution >= 0.6 is 0 Å². The summed E-state index contributed by atoms with van der Waals surface area (Å²) >= 11 is 0. The van der Waals surface area contributed by atoms with E-state index < -0.39 is 33.6 Å². The van der Waals surface area contributed by atoms with Gasteiger partial charge in [-0.1, -0.05) is 12.1 Å². The van der Waals surface area contributed by atoms with Crippen molar-refractivity contribution in [2.45, 2.75) is 31.3 Å². The summed E-state index contributed by atoms with van der Waals surface area (Å²) in [4.78, 5) is 45.4. The van der Waals surface area contributed by atoms with Gasteiger partial charge in [0.25, 0.3) is 15.6 Å². The van der Waals surface area contributed by atoms with Crippen LogP contribution in [0, 0.1) is 13.8 Å². The molecule has 0 saturated carbocycles. The van der Waals surface area contributed by atoms with E-state index in [1.165, 1.54) is 12.1 Å². The van der Waals surface area contributed by atoms with Crippen LogP contribution in [0.1, 0.15) is 16.8 Å². The highest BCUT2D eigenvalue weighted by atomic mass is 32.2. The van der Waals surface area contributed by atoms with Crippen molar-refractivity contribution in [3.05, 3.63) is 63.7 Å². The zero-order valence-electron chi connectivity index (χ0n) is 21.6. The number of oxime groups is 1. The average molecular weight is 602 g/mol. The molecule has 8 N–H and O–H groups in total. The van der Waals surface area contributed by atoms with Crippen LogP contribution < -0.4 is 27.1 Å². The number of anilines is 1. The second-order valence-corrected chi connectivity index (χ2v) is 9.96. The van der Waals surface area contributed by atoms with E-state index in [0.717, 1.165) is 5.56 Å². The molecule has 18 heteroatoms. The molecule has 0 spiro atoms. The van der Waals surface area contributed by atoms with Gasteiger partial charge in [-0.2, -0.15) is 13.2 Å². The maximum Gasteiger partial charge on any atom is 0.490 e. The highest BCUT2D eigenvalue weighted by Gasteiger charge is 2.38. The fourth-order valence-corrected chi connectivity index (χ4v) is 4.53. The molecule has 1 aromatic carbocycles. The molecule has 0 aliphatic heterocycles. The van der Waals surface area contributed by atoms with Gasteiger partial charge < -0.3 is 31.7 Å². The zero-order valence-corrected chi connectivity index (χ0v) is 22.4. The van der Waals surface area contributed by atoms with E-state index in [0.29, 0.717) is 11.1 Å². The smallest absolute Gasteiger partial charge is 0.475 e. The lowest BCUT2D eigenvalue weighted by molar-refractivity contribution is -0.192. The molecule has 0 bridgehead atoms. The molecular formula is C23H26F3N7O7S. The maximum absolute atomic E-state index is 13.2. The van der Waals surface area contributed by atoms with Crippen LogP contribution in [0.15, 0.2) is 51.4 Å². The topological polar surface area (TPSA) is 232 Å². The summed E-state index contributed by atoms with van der Waals surface area (Å²) < 4.78 is 60.5. The number of para-hydroxylation sites is 1. The summed E-state index contributed by atoms with van der Waals surface area (Å²) in [5, 5.41) is 13.7. The first-order valence-corrected chi connectivity index (χ1v) is 12.9. The molecule has 0 unspecified atom stereocenters. The number of carbonyl (C=O) groups excluding carboxylic acids is 1. The number of alkyl halides is 3. The second kappa shape index (κ2) is 13.5. The number of fused-ring (bicyclic) bond motifs is 1. The number of hydrogen-bond acceptors (Lipinski definition) is 8. The van der Waals surface area contributed by atoms with Crippen LogP contribution in [0.2, 0.25) is 0 Å². The second-order valence-electron chi connectivity index (χ2n) is 8.31. The minimum Gasteiger partial charge on any atom is -0.475 e. The van der Waals surface area contributed by atoms with Crippen molar-refractivity contribution in [3.8, 4) is 0 Å². The Morgan fingerprint density at radius 3 is 2.46 bits per heavy atom. The maximum atomic E-state index is 13.2. The van der Waals surface area contributed by atoms with E-state index in [1.54, 1.807) is 25.3 Å². The number of H-pyrrole nitrogens is 1. The number of pyridine rings is 2. The molecule has 0 aliphatic carbocycles. The molecular weight excluding hydrogens is 575 g/mol. The number of aromatic amines is 1. The molecule has 2 aromatic heterocycles. The van der Waals surface area contributed by atoms with Gasteiger partial charge in [-0.25, -0.2) is 13.2 Å². The Labute approximate surface area is 230 Å². The predicted molar refractivity (Wildman–Crippen MR) is 141 cm³/mol. The van der Waals surface area contributed by atoms with E-state index in [9.17, 15) is 31.2 Å². The molecule has 222 valence electrons. The van der Waals surface area contributed by atoms with Gasteiger partial charge in [0, 0.05) is 17.3 Å². The Bertz CT molecular complexity index is 1620. The molecule has 41 heavy (non-hydrogen) atoms. The van der Waals surface area contributed by atoms with Crippen LogP contribution in [0.4, 0.5) is 18.9 Å². The van der Waals surface area contributed by atoms with Crippen molar-refractivity contribution in [1.29, 1.82) is 0 Å². The van der Waals surface area contributed by atoms with Crippen molar-refractivity contribution < 1.29 is 41.1 Å². The van der Waals surface area contributed by atoms with Gasteiger partial charge in [0.1, 0.15) is 17.2 Å². The Kier molecular flexibility index (Phi) is 10.6. The number of nitrogens with two attached hydrogens (primary N) is 2. The number of amides is 1. The molecule has 0 saturated heterocycles. The number of sulfonamides is 1. The van der Waals surface area contributed by atoms with Crippen molar-refractivity contribution in [2.24, 2.45) is 16.6 Å². The standard InChI is InChI=1S/C21H25N7O5S.C2HF3O2/c1-12-8-14-4-3-5-16(18(14)25-11-12)34(31,32)28-19-15(9-13(2)26-20(19)30)10-17(29)24-6-7-33-27-21(22)23;3-2(4,5)1(6)7/h3-5,8-9,11,28H,6-7,10H2,1-2H3,(H,24,29)(H,26,30)(H4,22,23,27);(H,6,7). The van der Waals surface area contributed by atoms with Crippen molar-refractivity contribution >= 4 is 44.4 Å². The first-order valence-electron chi connectivity index (χ1n) is 11.4. The van der Waals surface area contributed by atoms with Gasteiger partial charge in [0.05, 0.1) is 18.5 Å². The molecule has 1 amide bonds. The summed E-state index contributed by atoms with van der Waals surface area (Å²) in [6.45, 7) is 3.59. The van der Waals surface area contributed by atoms with Gasteiger partial charge in [0.2, 0.25) is 11.9 Å². The van der Waals surface area contributed by atoms with Crippen LogP contribution in [-0.2, 0) is 30.9 Å². The molecule has 14 nitrogen and oxygen atoms in total. The summed E-state index contributed by atoms with van der Waals surface area (Å²) in [5.74, 6) is -3.47. The number of nitrogens with one attached hydrogen (secondary N) is 3. The van der Waals surface area contributed by atoms with Gasteiger partial charge in [-0.05, 0) is 48.3 Å². The third-order valence-electron chi connectivity index (χ3n) is 4.87. The quantitative estimate of drug-likeness (QED) is 0.0875. The van der Waals surface area contributed by atoms with Crippen LogP contribution in [0.3, 0.4) is 0 Å². The number of aryl methyl sites for hydroxylation is 2. The Morgan fingerprint density at radius 2 is 1.85 bits per heavy atom. The minimum atomic E-state index is -5.08. The van der Waals surface area contributed by atoms with Gasteiger partial charge in [-0.3, -0.25) is 19.3 Å². The lowest BCUT2D eigenvalue weighted by atomic mass is 10.1. The Balaban J connectivity index is 0.000000745. The molecule has 2 heterocycles. The highest BCUT2D eigenvalue weighted by molar-refractivity contribution is 7.93. The van der Waals surface area contributed by atoms with Crippen LogP contribution in [-0.4, -0.2) is 60.7 Å². The first-order chi connectivity index (χ1) is 19.0. The zero-order chi connectivity index (χ0) is 31.0. The number of nitrogens with zero attached hydrogens (tertiary/aromatic N) is 2. The fraction of sp³-hybridized carbons (Fsp3) is 0.261. The molecule has 0 atom stereocenters. The fourth-order valence-electron chi connectivity index (χ4n) is 3.25. The lowest BCUT2D eigenvalue weighted by Gasteiger charge is -2.14. The summed E-state index contributed by atoms with van der Waals surface area (Å²) in [7, 11) is -4.20. The number of rotatable bonds is 9. The number of hydrogen-bond donors (Lipinski definition) is 6. The highest BCUT2D eigenvalue weighted by Crippen LogP contribution is 2.24. The minimum absolute atomic E-state index is 0.0189. The van der Waals surface area contributed by atoms with Crippen LogP contribution in [0.5, 0.6) is 0 Å². The van der Waals surface area contributed by atoms with E-state index in [-0.39, 0.29) is 47.2 Å². The average Bonchev–Trinajstić information content (AvgIpc) is 2.85. The molecule has 0 aliphatic rings. The number of guanidine groups is 1. The van der Waals surface area contributed by atoms with E-state index in [2.05, 4.69) is 25.2 Å². The summed E-state index contributed by atoms with van der Waals surface area (Å²) in [6.07, 6.45) is -3.77. The van der Waals surface area contributed by atoms with E-state index in [1.807, 2.05) is 13.0 Å². The first kappa shape index (κ1) is 32.3. The summed E-state index contributed by atoms with van der Waals surface area (Å²) in [5.41, 5.74) is 11.2. The third-order valence-corrected chi connectivity index (χ3v) is 6.25. The summed E-state index contributed by atoms with van der Waals surface area (Å²) in [6, 6.07) is 8.08. The van der Waals surface area contributed by atoms with Crippen molar-refractivity contribution in [1.82, 2.24) is 15.3 Å². The van der Waals surface area contributed by atoms with Gasteiger partial charge in [0.15, 0.2) is 0 Å². The third kappa shape index (κ3) is 9.67. The van der Waals surface area contributed by atoms with Crippen molar-refractivity contribution in [2.75, 3.05) is 17.9 Å². The number of aromatic nitrogens is 2. The lowest BCUT2D eigenvalue weighted by Crippen LogP contribution is -2.30. The predicted octanol–water partition coefficient (Wildman–Crippen LogP) is 0.838. The molecule has 3 rings (SSSR count). The number of carboxylic acid groups (broad SMARTS) is 1. The van der Waals surface area contributed by atoms with Gasteiger partial charge in [-0.15, -0.1) is 0 Å². The number of benzene rings is 1. The SMILES string of the molecule is Cc1cnc2c(S(=O)(=O)Nc3c(CC(=O)NCCON=C(N)N)cc(C)[nH]c3=O)cccc2c1.O=C(O)C(F)(F)F. The van der Waals surface area contributed by atoms with Gasteiger partial charge >= 0.3 is 12.1 Å². The van der Waals surface area contributed by atoms with E-state index >= 15 is 0 Å². The molecule has 0 fully saturated rings. The number of carboxylic acids is 1. The number of aliphatic carboxylic acids is 1. The Hall–Kier alpha value is -4.87. The Morgan fingerprint density at radius 1 is 1.20 bits per heavy atom. The largest absolute Gasteiger partial charge is 0.490 e. The normalized spacial score (nSPS) is 11.1. The van der Waals surface area contributed by atoms with Crippen molar-refractivity contribution in [3.63, 3.8) is 0 Å². The number of halogens is 3. The molecule has 0 radical (unpaired) electrons. The monoisotopic (exact) mass is 601 g/mol.